The second-order valence-corrected chi connectivity index (χ2v) is 13.1. The second kappa shape index (κ2) is 13.1. The lowest BCUT2D eigenvalue weighted by molar-refractivity contribution is -0.135. The van der Waals surface area contributed by atoms with E-state index in [4.69, 9.17) is 21.1 Å². The van der Waals surface area contributed by atoms with Crippen LogP contribution in [0.1, 0.15) is 60.5 Å². The molecule has 7 nitrogen and oxygen atoms in total. The molecular formula is C32H38ClN2O5S-. The minimum absolute atomic E-state index is 0.00523. The van der Waals surface area contributed by atoms with Gasteiger partial charge in [0, 0.05) is 36.7 Å². The molecule has 0 radical (unpaired) electrons. The van der Waals surface area contributed by atoms with Crippen LogP contribution < -0.4 is 9.64 Å². The maximum Gasteiger partial charge on any atom is 0.254 e. The molecule has 0 unspecified atom stereocenters. The fraction of sp³-hybridized carbons (Fsp3) is 0.500. The van der Waals surface area contributed by atoms with Gasteiger partial charge in [-0.2, -0.15) is 10.6 Å². The molecule has 4 atom stereocenters. The number of benzene rings is 2. The predicted octanol–water partition coefficient (Wildman–Crippen LogP) is 6.56. The number of carbonyl (C=O) groups excluding carboxylic acids is 2. The number of hydrogen-bond donors (Lipinski definition) is 0. The van der Waals surface area contributed by atoms with Gasteiger partial charge in [0.25, 0.3) is 5.91 Å². The van der Waals surface area contributed by atoms with Crippen molar-refractivity contribution in [2.24, 2.45) is 22.1 Å². The molecule has 9 heteroatoms. The van der Waals surface area contributed by atoms with Crippen LogP contribution in [-0.4, -0.2) is 43.8 Å². The fourth-order valence-corrected chi connectivity index (χ4v) is 7.40. The average molecular weight is 598 g/mol. The van der Waals surface area contributed by atoms with Gasteiger partial charge in [0.2, 0.25) is 0 Å². The summed E-state index contributed by atoms with van der Waals surface area (Å²) in [5.41, 5.74) is 2.50. The molecule has 3 aliphatic rings. The number of hydrogen-bond acceptors (Lipinski definition) is 7. The highest BCUT2D eigenvalue weighted by atomic mass is 35.5. The number of methoxy groups -OCH3 is 1. The molecule has 0 N–H and O–H groups in total. The minimum Gasteiger partial charge on any atom is -0.491 e. The summed E-state index contributed by atoms with van der Waals surface area (Å²) in [5, 5.41) is 0.710. The first-order valence-electron chi connectivity index (χ1n) is 14.4. The van der Waals surface area contributed by atoms with Crippen LogP contribution in [0.4, 0.5) is 5.69 Å². The largest absolute Gasteiger partial charge is 0.491 e. The molecule has 1 saturated carbocycles. The molecule has 41 heavy (non-hydrogen) atoms. The molecular weight excluding hydrogens is 560 g/mol. The summed E-state index contributed by atoms with van der Waals surface area (Å²) in [5.74, 6) is 0.649. The summed E-state index contributed by atoms with van der Waals surface area (Å²) in [4.78, 5) is 28.0. The Balaban J connectivity index is 1.64. The summed E-state index contributed by atoms with van der Waals surface area (Å²) in [6, 6.07) is 11.4. The summed E-state index contributed by atoms with van der Waals surface area (Å²) >= 11 is 6.40. The Kier molecular flexibility index (Phi) is 9.52. The molecule has 220 valence electrons. The lowest BCUT2D eigenvalue weighted by Gasteiger charge is -2.47. The summed E-state index contributed by atoms with van der Waals surface area (Å²) in [6.45, 7) is 3.74. The number of carbonyl (C=O) groups is 2. The number of aryl methyl sites for hydroxylation is 1. The number of aldehydes is 1. The third-order valence-corrected chi connectivity index (χ3v) is 10.2. The SMILES string of the molecule is CO[C@]1(C=O)/C=C/C[C@H](C)C[S-](=O)=NC(=O)c2ccc3c(c2)N(Cc2ccc(Cl)cc2CCCCO3)C[C@@H]2CC[C@H]21. The van der Waals surface area contributed by atoms with E-state index < -0.39 is 22.1 Å². The van der Waals surface area contributed by atoms with Crippen molar-refractivity contribution in [1.82, 2.24) is 0 Å². The molecule has 2 bridgehead atoms. The Morgan fingerprint density at radius 2 is 2.02 bits per heavy atom. The second-order valence-electron chi connectivity index (χ2n) is 11.5. The van der Waals surface area contributed by atoms with E-state index in [2.05, 4.69) is 15.3 Å². The van der Waals surface area contributed by atoms with Gasteiger partial charge in [0.15, 0.2) is 6.29 Å². The highest BCUT2D eigenvalue weighted by molar-refractivity contribution is 7.75. The maximum absolute atomic E-state index is 13.2. The van der Waals surface area contributed by atoms with Crippen molar-refractivity contribution < 1.29 is 23.3 Å². The Bertz CT molecular complexity index is 1400. The molecule has 1 aliphatic carbocycles. The highest BCUT2D eigenvalue weighted by Gasteiger charge is 2.47. The van der Waals surface area contributed by atoms with Crippen LogP contribution >= 0.6 is 11.6 Å². The molecule has 2 aromatic rings. The Labute approximate surface area is 249 Å². The van der Waals surface area contributed by atoms with E-state index in [9.17, 15) is 13.8 Å². The first kappa shape index (κ1) is 29.8. The predicted molar refractivity (Wildman–Crippen MR) is 162 cm³/mol. The van der Waals surface area contributed by atoms with Gasteiger partial charge in [-0.05, 0) is 92.0 Å². The number of allylic oxidation sites excluding steroid dienone is 1. The quantitative estimate of drug-likeness (QED) is 0.222. The number of anilines is 1. The molecule has 0 spiro atoms. The monoisotopic (exact) mass is 597 g/mol. The zero-order valence-corrected chi connectivity index (χ0v) is 25.3. The smallest absolute Gasteiger partial charge is 0.254 e. The van der Waals surface area contributed by atoms with Gasteiger partial charge < -0.3 is 22.9 Å². The van der Waals surface area contributed by atoms with E-state index in [1.807, 2.05) is 43.3 Å². The van der Waals surface area contributed by atoms with Crippen LogP contribution in [0.15, 0.2) is 52.9 Å². The van der Waals surface area contributed by atoms with E-state index in [0.717, 1.165) is 49.6 Å². The number of nitrogens with zero attached hydrogens (tertiary/aromatic N) is 2. The highest BCUT2D eigenvalue weighted by Crippen LogP contribution is 2.45. The van der Waals surface area contributed by atoms with Gasteiger partial charge in [-0.25, -0.2) is 0 Å². The van der Waals surface area contributed by atoms with Crippen LogP contribution in [-0.2, 0) is 37.3 Å². The number of ether oxygens (including phenoxy) is 2. The molecule has 0 saturated heterocycles. The topological polar surface area (TPSA) is 85.3 Å². The van der Waals surface area contributed by atoms with Crippen molar-refractivity contribution >= 4 is 40.1 Å². The van der Waals surface area contributed by atoms with Gasteiger partial charge in [0.05, 0.1) is 12.3 Å². The van der Waals surface area contributed by atoms with Gasteiger partial charge in [-0.3, -0.25) is 9.59 Å². The van der Waals surface area contributed by atoms with Gasteiger partial charge in [-0.15, -0.1) is 0 Å². The van der Waals surface area contributed by atoms with E-state index >= 15 is 0 Å². The van der Waals surface area contributed by atoms with Crippen molar-refractivity contribution in [3.8, 4) is 5.75 Å². The third-order valence-electron chi connectivity index (χ3n) is 8.69. The Hall–Kier alpha value is -2.68. The summed E-state index contributed by atoms with van der Waals surface area (Å²) < 4.78 is 29.0. The minimum atomic E-state index is -1.67. The number of rotatable bonds is 2. The zero-order valence-electron chi connectivity index (χ0n) is 23.7. The van der Waals surface area contributed by atoms with Gasteiger partial charge in [0.1, 0.15) is 11.4 Å². The van der Waals surface area contributed by atoms with Crippen LogP contribution in [0, 0.1) is 17.8 Å². The normalized spacial score (nSPS) is 28.5. The number of amides is 1. The van der Waals surface area contributed by atoms with E-state index in [1.165, 1.54) is 5.56 Å². The van der Waals surface area contributed by atoms with Crippen LogP contribution in [0.2, 0.25) is 5.02 Å². The summed E-state index contributed by atoms with van der Waals surface area (Å²) in [6.07, 6.45) is 9.94. The lowest BCUT2D eigenvalue weighted by Crippen LogP contribution is -2.51. The molecule has 1 amide bonds. The van der Waals surface area contributed by atoms with Crippen molar-refractivity contribution in [1.29, 1.82) is 0 Å². The standard InChI is InChI=1S/C32H38ClN2O5S/c1-22-6-5-14-32(21-36,39-2)28-12-9-26(28)19-35-18-25-8-11-27(33)16-23(25)7-3-4-15-40-30-13-10-24(17-29(30)35)31(37)34-41(38)20-22/h5,8,10-11,13-14,16-17,21-22,26,28H,3-4,6-7,9,12,15,18-20H2,1-2H3/q-1/b14-5+/t22-,26-,28+,32-/m0/s1. The van der Waals surface area contributed by atoms with E-state index in [-0.39, 0.29) is 23.5 Å². The maximum atomic E-state index is 13.2. The summed E-state index contributed by atoms with van der Waals surface area (Å²) in [7, 11) is -0.0756. The first-order valence-corrected chi connectivity index (χ1v) is 16.1. The Morgan fingerprint density at radius 1 is 1.17 bits per heavy atom. The average Bonchev–Trinajstić information content (AvgIpc) is 2.97. The van der Waals surface area contributed by atoms with Crippen LogP contribution in [0.3, 0.4) is 0 Å². The third kappa shape index (κ3) is 6.71. The van der Waals surface area contributed by atoms with Crippen molar-refractivity contribution in [3.63, 3.8) is 0 Å². The van der Waals surface area contributed by atoms with Crippen molar-refractivity contribution in [2.45, 2.75) is 57.6 Å². The van der Waals surface area contributed by atoms with Gasteiger partial charge >= 0.3 is 0 Å². The molecule has 0 aromatic heterocycles. The molecule has 5 rings (SSSR count). The number of fused-ring (bicyclic) bond motifs is 3. The van der Waals surface area contributed by atoms with E-state index in [1.54, 1.807) is 13.2 Å². The zero-order chi connectivity index (χ0) is 29.0. The van der Waals surface area contributed by atoms with Crippen LogP contribution in [0.5, 0.6) is 5.75 Å². The molecule has 1 fully saturated rings. The lowest BCUT2D eigenvalue weighted by atomic mass is 9.64. The van der Waals surface area contributed by atoms with E-state index in [0.29, 0.717) is 42.5 Å². The molecule has 2 heterocycles. The molecule has 2 aliphatic heterocycles. The Morgan fingerprint density at radius 3 is 2.78 bits per heavy atom. The first-order chi connectivity index (χ1) is 19.8. The van der Waals surface area contributed by atoms with Gasteiger partial charge in [-0.1, -0.05) is 42.3 Å². The fourth-order valence-electron chi connectivity index (χ4n) is 6.22. The van der Waals surface area contributed by atoms with Crippen molar-refractivity contribution in [2.75, 3.05) is 30.9 Å². The van der Waals surface area contributed by atoms with Crippen molar-refractivity contribution in [3.05, 3.63) is 70.3 Å². The molecule has 2 aromatic carbocycles. The van der Waals surface area contributed by atoms with Crippen LogP contribution in [0.25, 0.3) is 0 Å². The number of halogens is 1.